The molecule has 14 heavy (non-hydrogen) atoms. The molecule has 0 spiro atoms. The Morgan fingerprint density at radius 3 is 3.29 bits per heavy atom. The van der Waals surface area contributed by atoms with Crippen LogP contribution in [0, 0.1) is 5.82 Å². The van der Waals surface area contributed by atoms with Crippen molar-refractivity contribution in [2.24, 2.45) is 0 Å². The van der Waals surface area contributed by atoms with Crippen molar-refractivity contribution >= 4 is 0 Å². The van der Waals surface area contributed by atoms with E-state index in [2.05, 4.69) is 10.3 Å². The Hall–Kier alpha value is -1.00. The van der Waals surface area contributed by atoms with E-state index < -0.39 is 0 Å². The summed E-state index contributed by atoms with van der Waals surface area (Å²) in [7, 11) is 0. The summed E-state index contributed by atoms with van der Waals surface area (Å²) in [5.41, 5.74) is 0.854. The number of hydrogen-bond acceptors (Lipinski definition) is 3. The Balaban J connectivity index is 2.12. The summed E-state index contributed by atoms with van der Waals surface area (Å²) >= 11 is 0. The summed E-state index contributed by atoms with van der Waals surface area (Å²) in [6.07, 6.45) is 3.88. The van der Waals surface area contributed by atoms with Crippen LogP contribution in [0.4, 0.5) is 4.39 Å². The smallest absolute Gasteiger partial charge is 0.141 e. The molecular weight excluding hydrogens is 183 g/mol. The van der Waals surface area contributed by atoms with Gasteiger partial charge in [-0.1, -0.05) is 0 Å². The Bertz CT molecular complexity index is 298. The quantitative estimate of drug-likeness (QED) is 0.734. The first-order valence-corrected chi connectivity index (χ1v) is 4.78. The normalized spacial score (nSPS) is 23.1. The lowest BCUT2D eigenvalue weighted by molar-refractivity contribution is 0.131. The van der Waals surface area contributed by atoms with E-state index in [4.69, 9.17) is 4.74 Å². The van der Waals surface area contributed by atoms with Crippen LogP contribution >= 0.6 is 0 Å². The molecule has 2 rings (SSSR count). The lowest BCUT2D eigenvalue weighted by atomic mass is 10.1. The van der Waals surface area contributed by atoms with Gasteiger partial charge >= 0.3 is 0 Å². The molecule has 0 aromatic carbocycles. The fourth-order valence-corrected chi connectivity index (χ4v) is 1.54. The molecule has 1 saturated heterocycles. The molecule has 0 amide bonds. The second kappa shape index (κ2) is 4.48. The topological polar surface area (TPSA) is 34.1 Å². The third-order valence-corrected chi connectivity index (χ3v) is 2.27. The van der Waals surface area contributed by atoms with Crippen molar-refractivity contribution in [1.29, 1.82) is 0 Å². The number of nitrogens with one attached hydrogen (secondary N) is 1. The molecule has 1 N–H and O–H groups in total. The molecule has 1 aliphatic heterocycles. The van der Waals surface area contributed by atoms with E-state index in [0.29, 0.717) is 6.61 Å². The number of nitrogens with zero attached hydrogens (tertiary/aromatic N) is 1. The minimum Gasteiger partial charge on any atom is -0.379 e. The van der Waals surface area contributed by atoms with E-state index in [-0.39, 0.29) is 11.9 Å². The van der Waals surface area contributed by atoms with Crippen LogP contribution in [0.1, 0.15) is 18.0 Å². The molecule has 4 heteroatoms. The average molecular weight is 196 g/mol. The molecule has 2 heterocycles. The highest BCUT2D eigenvalue weighted by Gasteiger charge is 2.14. The van der Waals surface area contributed by atoms with Crippen LogP contribution in [0.15, 0.2) is 18.5 Å². The standard InChI is InChI=1S/C10H13FN2O/c11-9-4-8(5-12-6-9)10-7-14-3-1-2-13-10/h4-6,10,13H,1-3,7H2. The van der Waals surface area contributed by atoms with Crippen molar-refractivity contribution < 1.29 is 9.13 Å². The summed E-state index contributed by atoms with van der Waals surface area (Å²) in [6, 6.07) is 1.57. The molecule has 0 bridgehead atoms. The van der Waals surface area contributed by atoms with Gasteiger partial charge in [0, 0.05) is 12.8 Å². The predicted octanol–water partition coefficient (Wildman–Crippen LogP) is 1.27. The fourth-order valence-electron chi connectivity index (χ4n) is 1.54. The maximum Gasteiger partial charge on any atom is 0.141 e. The lowest BCUT2D eigenvalue weighted by Crippen LogP contribution is -2.23. The minimum absolute atomic E-state index is 0.0701. The second-order valence-corrected chi connectivity index (χ2v) is 3.37. The SMILES string of the molecule is Fc1cncc(C2COCCCN2)c1. The molecule has 1 aromatic heterocycles. The molecule has 0 radical (unpaired) electrons. The largest absolute Gasteiger partial charge is 0.379 e. The van der Waals surface area contributed by atoms with Crippen LogP contribution in [0.2, 0.25) is 0 Å². The highest BCUT2D eigenvalue weighted by molar-refractivity contribution is 5.15. The summed E-state index contributed by atoms with van der Waals surface area (Å²) in [5, 5.41) is 3.29. The highest BCUT2D eigenvalue weighted by Crippen LogP contribution is 2.15. The fraction of sp³-hybridized carbons (Fsp3) is 0.500. The molecule has 0 saturated carbocycles. The molecule has 1 aromatic rings. The second-order valence-electron chi connectivity index (χ2n) is 3.37. The number of hydrogen-bond donors (Lipinski definition) is 1. The van der Waals surface area contributed by atoms with Gasteiger partial charge in [-0.15, -0.1) is 0 Å². The molecule has 76 valence electrons. The molecule has 1 fully saturated rings. The first kappa shape index (κ1) is 9.55. The van der Waals surface area contributed by atoms with Gasteiger partial charge in [-0.25, -0.2) is 4.39 Å². The zero-order chi connectivity index (χ0) is 9.80. The molecule has 3 nitrogen and oxygen atoms in total. The van der Waals surface area contributed by atoms with Gasteiger partial charge < -0.3 is 10.1 Å². The Kier molecular flexibility index (Phi) is 3.06. The number of halogens is 1. The Labute approximate surface area is 82.3 Å². The molecule has 1 atom stereocenters. The average Bonchev–Trinajstić information content (AvgIpc) is 2.45. The van der Waals surface area contributed by atoms with Gasteiger partial charge in [-0.3, -0.25) is 4.98 Å². The van der Waals surface area contributed by atoms with Crippen LogP contribution in [-0.4, -0.2) is 24.7 Å². The van der Waals surface area contributed by atoms with E-state index in [1.807, 2.05) is 0 Å². The molecule has 1 unspecified atom stereocenters. The maximum absolute atomic E-state index is 12.9. The van der Waals surface area contributed by atoms with E-state index in [1.165, 1.54) is 12.3 Å². The number of aromatic nitrogens is 1. The van der Waals surface area contributed by atoms with Gasteiger partial charge in [0.15, 0.2) is 0 Å². The van der Waals surface area contributed by atoms with Crippen LogP contribution in [0.5, 0.6) is 0 Å². The summed E-state index contributed by atoms with van der Waals surface area (Å²) in [6.45, 7) is 2.26. The van der Waals surface area contributed by atoms with Crippen LogP contribution in [0.25, 0.3) is 0 Å². The van der Waals surface area contributed by atoms with Gasteiger partial charge in [0.05, 0.1) is 18.8 Å². The van der Waals surface area contributed by atoms with Gasteiger partial charge in [0.2, 0.25) is 0 Å². The van der Waals surface area contributed by atoms with Crippen LogP contribution in [0.3, 0.4) is 0 Å². The minimum atomic E-state index is -0.298. The van der Waals surface area contributed by atoms with Crippen molar-refractivity contribution in [2.45, 2.75) is 12.5 Å². The van der Waals surface area contributed by atoms with Gasteiger partial charge in [0.25, 0.3) is 0 Å². The Morgan fingerprint density at radius 1 is 1.50 bits per heavy atom. The van der Waals surface area contributed by atoms with Crippen molar-refractivity contribution in [3.8, 4) is 0 Å². The summed E-state index contributed by atoms with van der Waals surface area (Å²) in [4.78, 5) is 3.82. The van der Waals surface area contributed by atoms with Crippen LogP contribution in [-0.2, 0) is 4.74 Å². The van der Waals surface area contributed by atoms with Crippen molar-refractivity contribution in [3.05, 3.63) is 29.8 Å². The zero-order valence-corrected chi connectivity index (χ0v) is 7.87. The number of rotatable bonds is 1. The van der Waals surface area contributed by atoms with E-state index in [9.17, 15) is 4.39 Å². The van der Waals surface area contributed by atoms with Crippen molar-refractivity contribution in [3.63, 3.8) is 0 Å². The first-order chi connectivity index (χ1) is 6.86. The first-order valence-electron chi connectivity index (χ1n) is 4.78. The van der Waals surface area contributed by atoms with Crippen molar-refractivity contribution in [2.75, 3.05) is 19.8 Å². The molecule has 0 aliphatic carbocycles. The predicted molar refractivity (Wildman–Crippen MR) is 50.4 cm³/mol. The Morgan fingerprint density at radius 2 is 2.43 bits per heavy atom. The van der Waals surface area contributed by atoms with E-state index in [1.54, 1.807) is 6.20 Å². The lowest BCUT2D eigenvalue weighted by Gasteiger charge is -2.14. The zero-order valence-electron chi connectivity index (χ0n) is 7.87. The van der Waals surface area contributed by atoms with Gasteiger partial charge in [0.1, 0.15) is 5.82 Å². The van der Waals surface area contributed by atoms with E-state index >= 15 is 0 Å². The number of pyridine rings is 1. The summed E-state index contributed by atoms with van der Waals surface area (Å²) < 4.78 is 18.3. The van der Waals surface area contributed by atoms with E-state index in [0.717, 1.165) is 25.1 Å². The summed E-state index contributed by atoms with van der Waals surface area (Å²) in [5.74, 6) is -0.298. The molecular formula is C10H13FN2O. The van der Waals surface area contributed by atoms with Gasteiger partial charge in [-0.2, -0.15) is 0 Å². The monoisotopic (exact) mass is 196 g/mol. The highest BCUT2D eigenvalue weighted by atomic mass is 19.1. The third kappa shape index (κ3) is 2.27. The number of ether oxygens (including phenoxy) is 1. The third-order valence-electron chi connectivity index (χ3n) is 2.27. The maximum atomic E-state index is 12.9. The van der Waals surface area contributed by atoms with Gasteiger partial charge in [-0.05, 0) is 24.6 Å². The van der Waals surface area contributed by atoms with Crippen molar-refractivity contribution in [1.82, 2.24) is 10.3 Å². The van der Waals surface area contributed by atoms with Crippen LogP contribution < -0.4 is 5.32 Å². The molecule has 1 aliphatic rings.